The summed E-state index contributed by atoms with van der Waals surface area (Å²) in [5, 5.41) is 12.1. The minimum absolute atomic E-state index is 0.0351. The molecule has 6 heteroatoms. The summed E-state index contributed by atoms with van der Waals surface area (Å²) in [5.41, 5.74) is 0. The molecular weight excluding hydrogens is 224 g/mol. The van der Waals surface area contributed by atoms with Crippen LogP contribution >= 0.6 is 11.3 Å². The minimum Gasteiger partial charge on any atom is -0.360 e. The van der Waals surface area contributed by atoms with E-state index >= 15 is 0 Å². The highest BCUT2D eigenvalue weighted by molar-refractivity contribution is 7.17. The van der Waals surface area contributed by atoms with E-state index in [4.69, 9.17) is 0 Å². The lowest BCUT2D eigenvalue weighted by Crippen LogP contribution is -2.30. The Morgan fingerprint density at radius 3 is 2.56 bits per heavy atom. The van der Waals surface area contributed by atoms with Gasteiger partial charge >= 0.3 is 0 Å². The number of anilines is 1. The standard InChI is InChI=1S/C10H18N4OS/c1-4-7-11-10-13-12-8(16-10)9(15)14(5-2)6-3/h4-7H2,1-3H3,(H,11,13). The lowest BCUT2D eigenvalue weighted by Gasteiger charge is -2.15. The van der Waals surface area contributed by atoms with Crippen molar-refractivity contribution >= 4 is 22.4 Å². The predicted octanol–water partition coefficient (Wildman–Crippen LogP) is 1.84. The van der Waals surface area contributed by atoms with Crippen LogP contribution in [0, 0.1) is 0 Å². The summed E-state index contributed by atoms with van der Waals surface area (Å²) in [6, 6.07) is 0. The average Bonchev–Trinajstić information content (AvgIpc) is 2.76. The van der Waals surface area contributed by atoms with Crippen LogP contribution in [-0.2, 0) is 0 Å². The number of hydrogen-bond donors (Lipinski definition) is 1. The average molecular weight is 242 g/mol. The topological polar surface area (TPSA) is 58.1 Å². The molecule has 0 unspecified atom stereocenters. The lowest BCUT2D eigenvalue weighted by atomic mass is 10.5. The number of nitrogens with one attached hydrogen (secondary N) is 1. The molecule has 0 atom stereocenters. The van der Waals surface area contributed by atoms with Crippen LogP contribution in [0.2, 0.25) is 0 Å². The number of amides is 1. The highest BCUT2D eigenvalue weighted by Gasteiger charge is 2.17. The van der Waals surface area contributed by atoms with E-state index in [1.54, 1.807) is 4.90 Å². The van der Waals surface area contributed by atoms with E-state index in [9.17, 15) is 4.79 Å². The predicted molar refractivity (Wildman–Crippen MR) is 65.9 cm³/mol. The Balaban J connectivity index is 2.65. The van der Waals surface area contributed by atoms with Gasteiger partial charge in [0.15, 0.2) is 0 Å². The molecule has 1 amide bonds. The van der Waals surface area contributed by atoms with E-state index in [0.29, 0.717) is 18.1 Å². The van der Waals surface area contributed by atoms with Crippen LogP contribution in [0.3, 0.4) is 0 Å². The van der Waals surface area contributed by atoms with Gasteiger partial charge in [-0.25, -0.2) is 0 Å². The first-order valence-electron chi connectivity index (χ1n) is 5.59. The molecule has 90 valence electrons. The van der Waals surface area contributed by atoms with Crippen LogP contribution in [0.4, 0.5) is 5.13 Å². The highest BCUT2D eigenvalue weighted by Crippen LogP contribution is 2.16. The van der Waals surface area contributed by atoms with Gasteiger partial charge in [0.1, 0.15) is 0 Å². The van der Waals surface area contributed by atoms with Gasteiger partial charge in [0.25, 0.3) is 5.91 Å². The SMILES string of the molecule is CCCNc1nnc(C(=O)N(CC)CC)s1. The Morgan fingerprint density at radius 2 is 2.00 bits per heavy atom. The van der Waals surface area contributed by atoms with Crippen molar-refractivity contribution in [2.75, 3.05) is 25.0 Å². The van der Waals surface area contributed by atoms with Crippen molar-refractivity contribution in [1.82, 2.24) is 15.1 Å². The third-order valence-electron chi connectivity index (χ3n) is 2.18. The van der Waals surface area contributed by atoms with Crippen LogP contribution in [0.5, 0.6) is 0 Å². The van der Waals surface area contributed by atoms with Crippen molar-refractivity contribution in [3.63, 3.8) is 0 Å². The number of aromatic nitrogens is 2. The Bertz CT molecular complexity index is 335. The molecule has 0 saturated heterocycles. The minimum atomic E-state index is -0.0351. The molecule has 0 bridgehead atoms. The van der Waals surface area contributed by atoms with Crippen LogP contribution < -0.4 is 5.32 Å². The third-order valence-corrected chi connectivity index (χ3v) is 3.05. The maximum Gasteiger partial charge on any atom is 0.284 e. The molecule has 1 heterocycles. The van der Waals surface area contributed by atoms with Crippen molar-refractivity contribution < 1.29 is 4.79 Å². The first kappa shape index (κ1) is 12.9. The van der Waals surface area contributed by atoms with Crippen molar-refractivity contribution in [2.24, 2.45) is 0 Å². The summed E-state index contributed by atoms with van der Waals surface area (Å²) in [6.45, 7) is 8.25. The molecule has 0 spiro atoms. The fourth-order valence-corrected chi connectivity index (χ4v) is 2.00. The molecule has 1 N–H and O–H groups in total. The fraction of sp³-hybridized carbons (Fsp3) is 0.700. The molecule has 1 aromatic rings. The molecule has 0 aliphatic heterocycles. The molecule has 16 heavy (non-hydrogen) atoms. The first-order chi connectivity index (χ1) is 7.72. The second kappa shape index (κ2) is 6.42. The van der Waals surface area contributed by atoms with E-state index < -0.39 is 0 Å². The summed E-state index contributed by atoms with van der Waals surface area (Å²) < 4.78 is 0. The number of hydrogen-bond acceptors (Lipinski definition) is 5. The van der Waals surface area contributed by atoms with Gasteiger partial charge in [-0.3, -0.25) is 4.79 Å². The molecular formula is C10H18N4OS. The Morgan fingerprint density at radius 1 is 1.31 bits per heavy atom. The van der Waals surface area contributed by atoms with E-state index in [1.165, 1.54) is 11.3 Å². The Labute approximate surface area is 99.9 Å². The van der Waals surface area contributed by atoms with Gasteiger partial charge in [0.05, 0.1) is 0 Å². The number of rotatable bonds is 6. The quantitative estimate of drug-likeness (QED) is 0.827. The monoisotopic (exact) mass is 242 g/mol. The number of carbonyl (C=O) groups excluding carboxylic acids is 1. The van der Waals surface area contributed by atoms with Gasteiger partial charge in [0.2, 0.25) is 10.1 Å². The second-order valence-corrected chi connectivity index (χ2v) is 4.29. The van der Waals surface area contributed by atoms with Gasteiger partial charge in [0, 0.05) is 19.6 Å². The molecule has 0 saturated carbocycles. The van der Waals surface area contributed by atoms with Crippen molar-refractivity contribution in [1.29, 1.82) is 0 Å². The summed E-state index contributed by atoms with van der Waals surface area (Å²) in [5.74, 6) is -0.0351. The number of nitrogens with zero attached hydrogens (tertiary/aromatic N) is 3. The zero-order valence-corrected chi connectivity index (χ0v) is 10.8. The molecule has 0 aliphatic rings. The van der Waals surface area contributed by atoms with Gasteiger partial charge in [-0.15, -0.1) is 10.2 Å². The smallest absolute Gasteiger partial charge is 0.284 e. The van der Waals surface area contributed by atoms with Gasteiger partial charge < -0.3 is 10.2 Å². The van der Waals surface area contributed by atoms with E-state index in [1.807, 2.05) is 13.8 Å². The van der Waals surface area contributed by atoms with Gasteiger partial charge in [-0.05, 0) is 20.3 Å². The summed E-state index contributed by atoms with van der Waals surface area (Å²) in [4.78, 5) is 13.6. The molecule has 0 radical (unpaired) electrons. The maximum absolute atomic E-state index is 11.9. The zero-order valence-electron chi connectivity index (χ0n) is 9.99. The normalized spacial score (nSPS) is 10.2. The van der Waals surface area contributed by atoms with Crippen LogP contribution in [0.15, 0.2) is 0 Å². The van der Waals surface area contributed by atoms with E-state index in [2.05, 4.69) is 22.4 Å². The molecule has 1 aromatic heterocycles. The molecule has 0 fully saturated rings. The lowest BCUT2D eigenvalue weighted by molar-refractivity contribution is 0.0772. The summed E-state index contributed by atoms with van der Waals surface area (Å²) >= 11 is 1.32. The van der Waals surface area contributed by atoms with Gasteiger partial charge in [-0.1, -0.05) is 18.3 Å². The molecule has 0 aliphatic carbocycles. The second-order valence-electron chi connectivity index (χ2n) is 3.32. The number of carbonyl (C=O) groups is 1. The van der Waals surface area contributed by atoms with Crippen molar-refractivity contribution in [3.8, 4) is 0 Å². The highest BCUT2D eigenvalue weighted by atomic mass is 32.1. The Kier molecular flexibility index (Phi) is 5.18. The van der Waals surface area contributed by atoms with Crippen LogP contribution in [-0.4, -0.2) is 40.6 Å². The summed E-state index contributed by atoms with van der Waals surface area (Å²) in [6.07, 6.45) is 1.03. The van der Waals surface area contributed by atoms with Crippen LogP contribution in [0.1, 0.15) is 37.0 Å². The van der Waals surface area contributed by atoms with E-state index in [0.717, 1.165) is 18.1 Å². The van der Waals surface area contributed by atoms with E-state index in [-0.39, 0.29) is 5.91 Å². The zero-order chi connectivity index (χ0) is 12.0. The molecule has 1 rings (SSSR count). The largest absolute Gasteiger partial charge is 0.360 e. The van der Waals surface area contributed by atoms with Crippen molar-refractivity contribution in [2.45, 2.75) is 27.2 Å². The molecule has 5 nitrogen and oxygen atoms in total. The Hall–Kier alpha value is -1.17. The fourth-order valence-electron chi connectivity index (χ4n) is 1.26. The first-order valence-corrected chi connectivity index (χ1v) is 6.41. The summed E-state index contributed by atoms with van der Waals surface area (Å²) in [7, 11) is 0. The van der Waals surface area contributed by atoms with Crippen LogP contribution in [0.25, 0.3) is 0 Å². The van der Waals surface area contributed by atoms with Crippen molar-refractivity contribution in [3.05, 3.63) is 5.01 Å². The third kappa shape index (κ3) is 3.16. The molecule has 0 aromatic carbocycles. The maximum atomic E-state index is 11.9. The van der Waals surface area contributed by atoms with Gasteiger partial charge in [-0.2, -0.15) is 0 Å².